The quantitative estimate of drug-likeness (QED) is 0.526. The zero-order chi connectivity index (χ0) is 16.1. The number of imidazole rings is 1. The van der Waals surface area contributed by atoms with Gasteiger partial charge in [0.1, 0.15) is 0 Å². The van der Waals surface area contributed by atoms with Crippen molar-refractivity contribution in [3.8, 4) is 0 Å². The van der Waals surface area contributed by atoms with Gasteiger partial charge in [0.05, 0.1) is 17.0 Å². The van der Waals surface area contributed by atoms with E-state index in [4.69, 9.17) is 23.2 Å². The third-order valence-corrected chi connectivity index (χ3v) is 3.93. The highest BCUT2D eigenvalue weighted by Crippen LogP contribution is 2.25. The van der Waals surface area contributed by atoms with Gasteiger partial charge < -0.3 is 4.57 Å². The summed E-state index contributed by atoms with van der Waals surface area (Å²) in [6, 6.07) is 4.90. The number of benzene rings is 1. The molecular formula is C17H18Cl2N2O. The summed E-state index contributed by atoms with van der Waals surface area (Å²) in [5.41, 5.74) is 0.998. The Balaban J connectivity index is 2.43. The van der Waals surface area contributed by atoms with Crippen molar-refractivity contribution in [2.75, 3.05) is 0 Å². The lowest BCUT2D eigenvalue weighted by Gasteiger charge is -2.12. The molecule has 1 heterocycles. The molecule has 0 aliphatic rings. The Morgan fingerprint density at radius 1 is 1.41 bits per heavy atom. The summed E-state index contributed by atoms with van der Waals surface area (Å²) in [5.74, 6) is 0.153. The monoisotopic (exact) mass is 336 g/mol. The van der Waals surface area contributed by atoms with Crippen LogP contribution in [0.15, 0.2) is 43.0 Å². The largest absolute Gasteiger partial charge is 0.303 e. The van der Waals surface area contributed by atoms with E-state index >= 15 is 0 Å². The van der Waals surface area contributed by atoms with Gasteiger partial charge in [0.25, 0.3) is 0 Å². The topological polar surface area (TPSA) is 34.9 Å². The summed E-state index contributed by atoms with van der Waals surface area (Å²) in [4.78, 5) is 16.9. The molecule has 0 bridgehead atoms. The Hall–Kier alpha value is -1.58. The van der Waals surface area contributed by atoms with Crippen LogP contribution in [0.1, 0.15) is 37.0 Å². The van der Waals surface area contributed by atoms with E-state index in [-0.39, 0.29) is 11.7 Å². The predicted octanol–water partition coefficient (Wildman–Crippen LogP) is 5.35. The number of carbonyl (C=O) groups is 1. The molecule has 2 aromatic rings. The normalized spacial score (nSPS) is 13.2. The first-order chi connectivity index (χ1) is 10.5. The summed E-state index contributed by atoms with van der Waals surface area (Å²) in [7, 11) is 0. The number of carbonyl (C=O) groups excluding carboxylic acids is 1. The van der Waals surface area contributed by atoms with Gasteiger partial charge in [-0.25, -0.2) is 4.98 Å². The van der Waals surface area contributed by atoms with Crippen LogP contribution < -0.4 is 0 Å². The minimum absolute atomic E-state index is 0.136. The number of hydrogen-bond acceptors (Lipinski definition) is 2. The number of ketones is 1. The highest BCUT2D eigenvalue weighted by Gasteiger charge is 2.18. The third kappa shape index (κ3) is 3.99. The molecular weight excluding hydrogens is 319 g/mol. The molecule has 1 unspecified atom stereocenters. The minimum Gasteiger partial charge on any atom is -0.303 e. The summed E-state index contributed by atoms with van der Waals surface area (Å²) in [6.07, 6.45) is 9.07. The number of nitrogens with zero attached hydrogens (tertiary/aromatic N) is 2. The van der Waals surface area contributed by atoms with Crippen molar-refractivity contribution in [2.24, 2.45) is 5.92 Å². The second-order valence-electron chi connectivity index (χ2n) is 5.24. The Kier molecular flexibility index (Phi) is 5.81. The zero-order valence-corrected chi connectivity index (χ0v) is 14.1. The molecule has 0 N–H and O–H groups in total. The molecule has 0 aliphatic carbocycles. The fraction of sp³-hybridized carbons (Fsp3) is 0.294. The Morgan fingerprint density at radius 3 is 2.77 bits per heavy atom. The Bertz CT molecular complexity index is 678. The van der Waals surface area contributed by atoms with Gasteiger partial charge in [-0.05, 0) is 30.5 Å². The first-order valence-electron chi connectivity index (χ1n) is 7.22. The van der Waals surface area contributed by atoms with Crippen molar-refractivity contribution in [3.05, 3.63) is 58.6 Å². The lowest BCUT2D eigenvalue weighted by Crippen LogP contribution is -2.10. The van der Waals surface area contributed by atoms with Gasteiger partial charge in [-0.1, -0.05) is 49.5 Å². The van der Waals surface area contributed by atoms with Crippen LogP contribution in [0.5, 0.6) is 0 Å². The smallest absolute Gasteiger partial charge is 0.210 e. The molecule has 0 aliphatic heterocycles. The van der Waals surface area contributed by atoms with E-state index in [1.54, 1.807) is 41.5 Å². The molecule has 0 saturated heterocycles. The van der Waals surface area contributed by atoms with Gasteiger partial charge in [-0.2, -0.15) is 0 Å². The van der Waals surface area contributed by atoms with Crippen molar-refractivity contribution in [1.29, 1.82) is 0 Å². The van der Waals surface area contributed by atoms with E-state index in [1.807, 2.05) is 6.08 Å². The maximum absolute atomic E-state index is 12.9. The number of Topliss-reactive ketones (excluding diaryl/α,β-unsaturated/α-hetero) is 1. The molecule has 1 atom stereocenters. The summed E-state index contributed by atoms with van der Waals surface area (Å²) >= 11 is 12.1. The lowest BCUT2D eigenvalue weighted by atomic mass is 10.0. The van der Waals surface area contributed by atoms with Gasteiger partial charge in [0, 0.05) is 23.0 Å². The summed E-state index contributed by atoms with van der Waals surface area (Å²) in [5, 5.41) is 0.862. The molecule has 0 spiro atoms. The number of allylic oxidation sites excluding steroid dienone is 2. The van der Waals surface area contributed by atoms with Crippen molar-refractivity contribution < 1.29 is 4.79 Å². The first kappa shape index (κ1) is 16.8. The number of halogens is 2. The first-order valence-corrected chi connectivity index (χ1v) is 7.98. The second kappa shape index (κ2) is 7.61. The van der Waals surface area contributed by atoms with Crippen LogP contribution in [-0.4, -0.2) is 15.3 Å². The maximum Gasteiger partial charge on any atom is 0.210 e. The zero-order valence-electron chi connectivity index (χ0n) is 12.6. The lowest BCUT2D eigenvalue weighted by molar-refractivity contribution is 0.105. The Morgan fingerprint density at radius 2 is 2.18 bits per heavy atom. The fourth-order valence-corrected chi connectivity index (χ4v) is 2.79. The molecule has 0 radical (unpaired) electrons. The number of rotatable bonds is 6. The maximum atomic E-state index is 12.9. The molecule has 0 saturated carbocycles. The average Bonchev–Trinajstić information content (AvgIpc) is 2.98. The van der Waals surface area contributed by atoms with Gasteiger partial charge in [0.15, 0.2) is 0 Å². The summed E-state index contributed by atoms with van der Waals surface area (Å²) in [6.45, 7) is 4.22. The van der Waals surface area contributed by atoms with E-state index in [0.29, 0.717) is 21.3 Å². The summed E-state index contributed by atoms with van der Waals surface area (Å²) < 4.78 is 1.72. The molecule has 22 heavy (non-hydrogen) atoms. The van der Waals surface area contributed by atoms with Crippen molar-refractivity contribution >= 4 is 34.7 Å². The standard InChI is InChI=1S/C17H18Cl2N2O/c1-3-4-12(2)9-16(21-8-7-20-11-21)17(22)14-6-5-13(18)10-15(14)19/h5-12H,3-4H2,1-2H3. The highest BCUT2D eigenvalue weighted by atomic mass is 35.5. The Labute approximate surface area is 140 Å². The SMILES string of the molecule is CCCC(C)C=C(C(=O)c1ccc(Cl)cc1Cl)n1ccnc1. The molecule has 1 aromatic heterocycles. The van der Waals surface area contributed by atoms with E-state index in [0.717, 1.165) is 12.8 Å². The van der Waals surface area contributed by atoms with E-state index in [1.165, 1.54) is 0 Å². The van der Waals surface area contributed by atoms with Crippen LogP contribution in [0.25, 0.3) is 5.70 Å². The van der Waals surface area contributed by atoms with Gasteiger partial charge in [-0.3, -0.25) is 4.79 Å². The van der Waals surface area contributed by atoms with Crippen LogP contribution in [0.3, 0.4) is 0 Å². The molecule has 2 rings (SSSR count). The van der Waals surface area contributed by atoms with E-state index in [2.05, 4.69) is 18.8 Å². The van der Waals surface area contributed by atoms with Gasteiger partial charge in [-0.15, -0.1) is 0 Å². The molecule has 1 aromatic carbocycles. The minimum atomic E-state index is -0.136. The van der Waals surface area contributed by atoms with Crippen molar-refractivity contribution in [2.45, 2.75) is 26.7 Å². The molecule has 116 valence electrons. The van der Waals surface area contributed by atoms with Crippen molar-refractivity contribution in [1.82, 2.24) is 9.55 Å². The second-order valence-corrected chi connectivity index (χ2v) is 6.08. The van der Waals surface area contributed by atoms with Gasteiger partial charge in [0.2, 0.25) is 5.78 Å². The van der Waals surface area contributed by atoms with Crippen LogP contribution >= 0.6 is 23.2 Å². The van der Waals surface area contributed by atoms with E-state index < -0.39 is 0 Å². The average molecular weight is 337 g/mol. The third-order valence-electron chi connectivity index (χ3n) is 3.38. The molecule has 3 nitrogen and oxygen atoms in total. The predicted molar refractivity (Wildman–Crippen MR) is 91.4 cm³/mol. The fourth-order valence-electron chi connectivity index (χ4n) is 2.30. The van der Waals surface area contributed by atoms with Crippen LogP contribution in [0.4, 0.5) is 0 Å². The van der Waals surface area contributed by atoms with Crippen molar-refractivity contribution in [3.63, 3.8) is 0 Å². The highest BCUT2D eigenvalue weighted by molar-refractivity contribution is 6.39. The molecule has 0 fully saturated rings. The number of hydrogen-bond donors (Lipinski definition) is 0. The molecule has 5 heteroatoms. The van der Waals surface area contributed by atoms with Gasteiger partial charge >= 0.3 is 0 Å². The van der Waals surface area contributed by atoms with Crippen LogP contribution in [-0.2, 0) is 0 Å². The van der Waals surface area contributed by atoms with E-state index in [9.17, 15) is 4.79 Å². The van der Waals surface area contributed by atoms with Crippen LogP contribution in [0, 0.1) is 5.92 Å². The van der Waals surface area contributed by atoms with Crippen LogP contribution in [0.2, 0.25) is 10.0 Å². The molecule has 0 amide bonds. The number of aromatic nitrogens is 2.